The molecule has 0 aromatic rings. The zero-order valence-corrected chi connectivity index (χ0v) is 7.21. The van der Waals surface area contributed by atoms with Gasteiger partial charge in [-0.2, -0.15) is 0 Å². The van der Waals surface area contributed by atoms with E-state index in [4.69, 9.17) is 10.5 Å². The lowest BCUT2D eigenvalue weighted by molar-refractivity contribution is 0.0572. The molecule has 0 fully saturated rings. The van der Waals surface area contributed by atoms with E-state index in [0.29, 0.717) is 6.54 Å². The molecule has 2 unspecified atom stereocenters. The molecule has 0 aliphatic carbocycles. The SMILES string of the molecule is C=NC(CN)C(NCC)OC. The van der Waals surface area contributed by atoms with Gasteiger partial charge in [0.15, 0.2) is 0 Å². The molecule has 0 saturated heterocycles. The highest BCUT2D eigenvalue weighted by Gasteiger charge is 2.15. The maximum atomic E-state index is 5.44. The van der Waals surface area contributed by atoms with Gasteiger partial charge in [0.05, 0.1) is 0 Å². The molecule has 0 heterocycles. The fourth-order valence-corrected chi connectivity index (χ4v) is 0.872. The van der Waals surface area contributed by atoms with Crippen molar-refractivity contribution in [1.29, 1.82) is 0 Å². The molecule has 0 spiro atoms. The molecule has 0 saturated carbocycles. The molecule has 11 heavy (non-hydrogen) atoms. The van der Waals surface area contributed by atoms with E-state index in [1.165, 1.54) is 0 Å². The average Bonchev–Trinajstić information content (AvgIpc) is 2.05. The van der Waals surface area contributed by atoms with Crippen molar-refractivity contribution >= 4 is 6.72 Å². The Hall–Kier alpha value is -0.450. The average molecular weight is 159 g/mol. The molecule has 0 aromatic heterocycles. The quantitative estimate of drug-likeness (QED) is 0.409. The highest BCUT2D eigenvalue weighted by Crippen LogP contribution is 1.96. The summed E-state index contributed by atoms with van der Waals surface area (Å²) in [4.78, 5) is 3.83. The molecule has 0 radical (unpaired) electrons. The molecule has 66 valence electrons. The largest absolute Gasteiger partial charge is 0.364 e. The molecule has 0 amide bonds. The van der Waals surface area contributed by atoms with Crippen LogP contribution in [0.2, 0.25) is 0 Å². The number of rotatable bonds is 6. The maximum Gasteiger partial charge on any atom is 0.131 e. The Morgan fingerprint density at radius 1 is 1.73 bits per heavy atom. The molecular weight excluding hydrogens is 142 g/mol. The molecule has 0 aliphatic rings. The van der Waals surface area contributed by atoms with Gasteiger partial charge in [-0.15, -0.1) is 0 Å². The summed E-state index contributed by atoms with van der Waals surface area (Å²) in [5.74, 6) is 0. The molecular formula is C7H17N3O. The fourth-order valence-electron chi connectivity index (χ4n) is 0.872. The van der Waals surface area contributed by atoms with Crippen molar-refractivity contribution in [3.05, 3.63) is 0 Å². The van der Waals surface area contributed by atoms with Crippen LogP contribution in [0.1, 0.15) is 6.92 Å². The first-order valence-corrected chi connectivity index (χ1v) is 3.72. The number of likely N-dealkylation sites (N-methyl/N-ethyl adjacent to an activating group) is 1. The van der Waals surface area contributed by atoms with Gasteiger partial charge in [-0.3, -0.25) is 10.3 Å². The number of hydrogen-bond acceptors (Lipinski definition) is 4. The first-order chi connectivity index (χ1) is 5.29. The van der Waals surface area contributed by atoms with Gasteiger partial charge in [0.2, 0.25) is 0 Å². The third-order valence-electron chi connectivity index (χ3n) is 1.48. The number of nitrogens with zero attached hydrogens (tertiary/aromatic N) is 1. The van der Waals surface area contributed by atoms with Crippen molar-refractivity contribution in [3.8, 4) is 0 Å². The smallest absolute Gasteiger partial charge is 0.131 e. The second-order valence-corrected chi connectivity index (χ2v) is 2.20. The monoisotopic (exact) mass is 159 g/mol. The minimum atomic E-state index is -0.109. The highest BCUT2D eigenvalue weighted by atomic mass is 16.5. The van der Waals surface area contributed by atoms with Crippen LogP contribution in [-0.4, -0.2) is 39.2 Å². The van der Waals surface area contributed by atoms with E-state index in [-0.39, 0.29) is 12.3 Å². The summed E-state index contributed by atoms with van der Waals surface area (Å²) in [6.45, 7) is 6.73. The fraction of sp³-hybridized carbons (Fsp3) is 0.857. The summed E-state index contributed by atoms with van der Waals surface area (Å²) in [5.41, 5.74) is 5.44. The van der Waals surface area contributed by atoms with Crippen LogP contribution in [0.4, 0.5) is 0 Å². The standard InChI is InChI=1S/C7H17N3O/c1-4-10-7(11-3)6(5-8)9-2/h6-7,10H,2,4-5,8H2,1,3H3. The van der Waals surface area contributed by atoms with Gasteiger partial charge in [0, 0.05) is 13.7 Å². The van der Waals surface area contributed by atoms with E-state index in [0.717, 1.165) is 6.54 Å². The van der Waals surface area contributed by atoms with Gasteiger partial charge in [-0.1, -0.05) is 6.92 Å². The van der Waals surface area contributed by atoms with Crippen LogP contribution >= 0.6 is 0 Å². The Labute approximate surface area is 67.8 Å². The topological polar surface area (TPSA) is 59.6 Å². The minimum Gasteiger partial charge on any atom is -0.364 e. The van der Waals surface area contributed by atoms with Crippen LogP contribution in [-0.2, 0) is 4.74 Å². The van der Waals surface area contributed by atoms with Crippen molar-refractivity contribution in [2.24, 2.45) is 10.7 Å². The van der Waals surface area contributed by atoms with E-state index in [1.54, 1.807) is 7.11 Å². The lowest BCUT2D eigenvalue weighted by Crippen LogP contribution is -2.43. The van der Waals surface area contributed by atoms with Crippen molar-refractivity contribution in [2.75, 3.05) is 20.2 Å². The molecule has 4 heteroatoms. The van der Waals surface area contributed by atoms with Crippen molar-refractivity contribution in [1.82, 2.24) is 5.32 Å². The summed E-state index contributed by atoms with van der Waals surface area (Å²) in [7, 11) is 1.63. The summed E-state index contributed by atoms with van der Waals surface area (Å²) in [6.07, 6.45) is -0.109. The van der Waals surface area contributed by atoms with Gasteiger partial charge < -0.3 is 10.5 Å². The number of methoxy groups -OCH3 is 1. The highest BCUT2D eigenvalue weighted by molar-refractivity contribution is 5.24. The number of ether oxygens (including phenoxy) is 1. The third-order valence-corrected chi connectivity index (χ3v) is 1.48. The molecule has 0 aromatic carbocycles. The lowest BCUT2D eigenvalue weighted by atomic mass is 10.2. The van der Waals surface area contributed by atoms with E-state index in [2.05, 4.69) is 17.0 Å². The lowest BCUT2D eigenvalue weighted by Gasteiger charge is -2.21. The zero-order valence-electron chi connectivity index (χ0n) is 7.21. The van der Waals surface area contributed by atoms with Crippen LogP contribution in [0.3, 0.4) is 0 Å². The molecule has 0 bridgehead atoms. The Bertz CT molecular complexity index is 108. The van der Waals surface area contributed by atoms with Crippen LogP contribution in [0.25, 0.3) is 0 Å². The third kappa shape index (κ3) is 3.46. The predicted molar refractivity (Wildman–Crippen MR) is 46.9 cm³/mol. The minimum absolute atomic E-state index is 0.0556. The van der Waals surface area contributed by atoms with Crippen molar-refractivity contribution in [2.45, 2.75) is 19.2 Å². The molecule has 3 N–H and O–H groups in total. The van der Waals surface area contributed by atoms with Gasteiger partial charge in [-0.05, 0) is 13.3 Å². The second-order valence-electron chi connectivity index (χ2n) is 2.20. The second kappa shape index (κ2) is 6.27. The maximum absolute atomic E-state index is 5.44. The Morgan fingerprint density at radius 2 is 2.36 bits per heavy atom. The van der Waals surface area contributed by atoms with E-state index in [1.807, 2.05) is 6.92 Å². The predicted octanol–water partition coefficient (Wildman–Crippen LogP) is -0.404. The number of nitrogens with one attached hydrogen (secondary N) is 1. The van der Waals surface area contributed by atoms with Crippen molar-refractivity contribution < 1.29 is 4.74 Å². The van der Waals surface area contributed by atoms with Gasteiger partial charge >= 0.3 is 0 Å². The van der Waals surface area contributed by atoms with Crippen LogP contribution < -0.4 is 11.1 Å². The van der Waals surface area contributed by atoms with Crippen LogP contribution in [0.5, 0.6) is 0 Å². The summed E-state index contributed by atoms with van der Waals surface area (Å²) >= 11 is 0. The zero-order chi connectivity index (χ0) is 8.69. The summed E-state index contributed by atoms with van der Waals surface area (Å²) in [5, 5.41) is 3.10. The number of nitrogens with two attached hydrogens (primary N) is 1. The molecule has 2 atom stereocenters. The first kappa shape index (κ1) is 10.6. The van der Waals surface area contributed by atoms with Crippen LogP contribution in [0.15, 0.2) is 4.99 Å². The Morgan fingerprint density at radius 3 is 2.64 bits per heavy atom. The Kier molecular flexibility index (Phi) is 6.02. The van der Waals surface area contributed by atoms with E-state index >= 15 is 0 Å². The van der Waals surface area contributed by atoms with Crippen molar-refractivity contribution in [3.63, 3.8) is 0 Å². The van der Waals surface area contributed by atoms with Gasteiger partial charge in [0.25, 0.3) is 0 Å². The van der Waals surface area contributed by atoms with Gasteiger partial charge in [-0.25, -0.2) is 0 Å². The normalized spacial score (nSPS) is 15.9. The summed E-state index contributed by atoms with van der Waals surface area (Å²) < 4.78 is 5.11. The Balaban J connectivity index is 3.86. The molecule has 0 rings (SSSR count). The van der Waals surface area contributed by atoms with E-state index in [9.17, 15) is 0 Å². The number of hydrogen-bond donors (Lipinski definition) is 2. The van der Waals surface area contributed by atoms with Crippen LogP contribution in [0, 0.1) is 0 Å². The summed E-state index contributed by atoms with van der Waals surface area (Å²) in [6, 6.07) is -0.0556. The first-order valence-electron chi connectivity index (χ1n) is 3.72. The number of aliphatic imine (C=N–C) groups is 1. The molecule has 4 nitrogen and oxygen atoms in total. The van der Waals surface area contributed by atoms with Gasteiger partial charge in [0.1, 0.15) is 12.3 Å². The van der Waals surface area contributed by atoms with E-state index < -0.39 is 0 Å². The molecule has 0 aliphatic heterocycles.